The fourth-order valence-corrected chi connectivity index (χ4v) is 3.86. The standard InChI is InChI=1S/C21H24N4O2/c1-13(21(27)25-9-3-4-19(25)22-2)10-15-12-23-18-8-7-16(11-17(15)18)24-20(26)14-5-6-14/h7-8,11-14,19,23H,3-6,9-10H2,1H3,(H,24,26)/t13-,19-/m0/s1. The zero-order valence-corrected chi connectivity index (χ0v) is 15.5. The predicted octanol–water partition coefficient (Wildman–Crippen LogP) is 3.56. The number of H-pyrrole nitrogens is 1. The molecule has 0 unspecified atom stereocenters. The van der Waals surface area contributed by atoms with Crippen LogP contribution in [0.25, 0.3) is 15.7 Å². The lowest BCUT2D eigenvalue weighted by atomic mass is 9.99. The molecule has 1 aromatic heterocycles. The first-order valence-electron chi connectivity index (χ1n) is 9.64. The Balaban J connectivity index is 1.50. The second kappa shape index (κ2) is 7.07. The van der Waals surface area contributed by atoms with Crippen LogP contribution in [0.5, 0.6) is 0 Å². The van der Waals surface area contributed by atoms with Crippen LogP contribution in [0.2, 0.25) is 0 Å². The summed E-state index contributed by atoms with van der Waals surface area (Å²) in [7, 11) is 0. The Morgan fingerprint density at radius 1 is 1.37 bits per heavy atom. The van der Waals surface area contributed by atoms with Crippen LogP contribution in [0.3, 0.4) is 0 Å². The van der Waals surface area contributed by atoms with Gasteiger partial charge in [-0.05, 0) is 49.4 Å². The summed E-state index contributed by atoms with van der Waals surface area (Å²) in [5.74, 6) is 0.131. The quantitative estimate of drug-likeness (QED) is 0.797. The van der Waals surface area contributed by atoms with E-state index in [1.807, 2.05) is 31.3 Å². The molecule has 0 bridgehead atoms. The van der Waals surface area contributed by atoms with Crippen LogP contribution in [-0.4, -0.2) is 34.4 Å². The molecule has 6 nitrogen and oxygen atoms in total. The van der Waals surface area contributed by atoms with E-state index in [4.69, 9.17) is 6.57 Å². The molecule has 2 aliphatic rings. The van der Waals surface area contributed by atoms with Crippen molar-refractivity contribution in [1.29, 1.82) is 0 Å². The second-order valence-corrected chi connectivity index (χ2v) is 7.73. The minimum atomic E-state index is -0.299. The number of nitrogens with zero attached hydrogens (tertiary/aromatic N) is 2. The van der Waals surface area contributed by atoms with Gasteiger partial charge in [-0.3, -0.25) is 19.3 Å². The van der Waals surface area contributed by atoms with E-state index in [1.165, 1.54) is 0 Å². The molecule has 1 saturated carbocycles. The molecule has 0 radical (unpaired) electrons. The summed E-state index contributed by atoms with van der Waals surface area (Å²) in [6.07, 6.45) is 5.89. The second-order valence-electron chi connectivity index (χ2n) is 7.73. The maximum atomic E-state index is 12.8. The number of fused-ring (bicyclic) bond motifs is 1. The molecule has 0 spiro atoms. The average Bonchev–Trinajstić information content (AvgIpc) is 3.30. The van der Waals surface area contributed by atoms with Crippen molar-refractivity contribution in [2.75, 3.05) is 11.9 Å². The van der Waals surface area contributed by atoms with Gasteiger partial charge in [-0.1, -0.05) is 6.92 Å². The minimum absolute atomic E-state index is 0.0565. The van der Waals surface area contributed by atoms with Crippen LogP contribution in [0.4, 0.5) is 5.69 Å². The molecule has 27 heavy (non-hydrogen) atoms. The summed E-state index contributed by atoms with van der Waals surface area (Å²) in [5.41, 5.74) is 2.85. The molecule has 4 rings (SSSR count). The number of carbonyl (C=O) groups excluding carboxylic acids is 2. The SMILES string of the molecule is [C-]#[N+][C@@H]1CCCN1C(=O)[C@@H](C)Cc1c[nH]c2ccc(NC(=O)C3CC3)cc12. The maximum absolute atomic E-state index is 12.8. The van der Waals surface area contributed by atoms with Crippen LogP contribution < -0.4 is 5.32 Å². The van der Waals surface area contributed by atoms with Crippen molar-refractivity contribution in [2.24, 2.45) is 11.8 Å². The molecule has 2 heterocycles. The van der Waals surface area contributed by atoms with Crippen LogP contribution >= 0.6 is 0 Å². The first-order valence-corrected chi connectivity index (χ1v) is 9.64. The van der Waals surface area contributed by atoms with Gasteiger partial charge in [0.25, 0.3) is 0 Å². The van der Waals surface area contributed by atoms with Gasteiger partial charge >= 0.3 is 6.17 Å². The molecular formula is C21H24N4O2. The molecular weight excluding hydrogens is 340 g/mol. The molecule has 1 saturated heterocycles. The Morgan fingerprint density at radius 2 is 2.19 bits per heavy atom. The van der Waals surface area contributed by atoms with Crippen LogP contribution in [-0.2, 0) is 16.0 Å². The summed E-state index contributed by atoms with van der Waals surface area (Å²) >= 11 is 0. The summed E-state index contributed by atoms with van der Waals surface area (Å²) in [6, 6.07) is 5.85. The van der Waals surface area contributed by atoms with Crippen molar-refractivity contribution in [1.82, 2.24) is 9.88 Å². The third-order valence-electron chi connectivity index (χ3n) is 5.58. The van der Waals surface area contributed by atoms with Crippen molar-refractivity contribution in [2.45, 2.75) is 45.2 Å². The van der Waals surface area contributed by atoms with Crippen molar-refractivity contribution in [3.05, 3.63) is 41.4 Å². The Bertz CT molecular complexity index is 922. The molecule has 2 N–H and O–H groups in total. The van der Waals surface area contributed by atoms with Crippen LogP contribution in [0.15, 0.2) is 24.4 Å². The van der Waals surface area contributed by atoms with Crippen LogP contribution in [0.1, 0.15) is 38.2 Å². The fourth-order valence-electron chi connectivity index (χ4n) is 3.86. The van der Waals surface area contributed by atoms with Gasteiger partial charge in [0.2, 0.25) is 11.8 Å². The molecule has 2 aromatic rings. The van der Waals surface area contributed by atoms with Crippen molar-refractivity contribution in [3.63, 3.8) is 0 Å². The molecule has 2 amide bonds. The summed E-state index contributed by atoms with van der Waals surface area (Å²) in [5, 5.41) is 4.02. The summed E-state index contributed by atoms with van der Waals surface area (Å²) < 4.78 is 0. The zero-order chi connectivity index (χ0) is 19.0. The number of likely N-dealkylation sites (tertiary alicyclic amines) is 1. The zero-order valence-electron chi connectivity index (χ0n) is 15.5. The number of hydrogen-bond donors (Lipinski definition) is 2. The lowest BCUT2D eigenvalue weighted by Gasteiger charge is -2.20. The number of amides is 2. The van der Waals surface area contributed by atoms with Crippen molar-refractivity contribution in [3.8, 4) is 0 Å². The molecule has 6 heteroatoms. The Hall–Kier alpha value is -2.81. The van der Waals surface area contributed by atoms with Gasteiger partial charge in [0.15, 0.2) is 0 Å². The normalized spacial score (nSPS) is 20.4. The van der Waals surface area contributed by atoms with E-state index in [1.54, 1.807) is 4.90 Å². The Morgan fingerprint density at radius 3 is 2.93 bits per heavy atom. The van der Waals surface area contributed by atoms with E-state index in [2.05, 4.69) is 15.1 Å². The number of nitrogens with one attached hydrogen (secondary N) is 2. The molecule has 1 aromatic carbocycles. The topological polar surface area (TPSA) is 69.6 Å². The van der Waals surface area contributed by atoms with E-state index < -0.39 is 0 Å². The molecule has 2 atom stereocenters. The highest BCUT2D eigenvalue weighted by Gasteiger charge is 2.35. The molecule has 140 valence electrons. The summed E-state index contributed by atoms with van der Waals surface area (Å²) in [4.78, 5) is 33.4. The van der Waals surface area contributed by atoms with Gasteiger partial charge in [0.05, 0.1) is 0 Å². The van der Waals surface area contributed by atoms with Gasteiger partial charge in [-0.25, -0.2) is 6.57 Å². The summed E-state index contributed by atoms with van der Waals surface area (Å²) in [6.45, 7) is 9.89. The number of aromatic amines is 1. The monoisotopic (exact) mass is 364 g/mol. The average molecular weight is 364 g/mol. The van der Waals surface area contributed by atoms with E-state index in [0.717, 1.165) is 47.8 Å². The highest BCUT2D eigenvalue weighted by molar-refractivity contribution is 5.97. The third-order valence-corrected chi connectivity index (χ3v) is 5.58. The molecule has 2 fully saturated rings. The fraction of sp³-hybridized carbons (Fsp3) is 0.476. The van der Waals surface area contributed by atoms with E-state index >= 15 is 0 Å². The highest BCUT2D eigenvalue weighted by Crippen LogP contribution is 2.31. The van der Waals surface area contributed by atoms with E-state index in [9.17, 15) is 9.59 Å². The van der Waals surface area contributed by atoms with Crippen molar-refractivity contribution < 1.29 is 9.59 Å². The predicted molar refractivity (Wildman–Crippen MR) is 104 cm³/mol. The largest absolute Gasteiger partial charge is 0.361 e. The number of anilines is 1. The van der Waals surface area contributed by atoms with Gasteiger partial charge < -0.3 is 10.3 Å². The number of rotatable bonds is 5. The van der Waals surface area contributed by atoms with Gasteiger partial charge in [0.1, 0.15) is 0 Å². The number of aromatic nitrogens is 1. The lowest BCUT2D eigenvalue weighted by molar-refractivity contribution is -0.135. The number of benzene rings is 1. The van der Waals surface area contributed by atoms with Crippen LogP contribution in [0, 0.1) is 18.4 Å². The highest BCUT2D eigenvalue weighted by atomic mass is 16.2. The first kappa shape index (κ1) is 17.6. The van der Waals surface area contributed by atoms with Gasteiger partial charge in [-0.15, -0.1) is 0 Å². The van der Waals surface area contributed by atoms with Gasteiger partial charge in [0, 0.05) is 47.6 Å². The minimum Gasteiger partial charge on any atom is -0.361 e. The molecule has 1 aliphatic heterocycles. The number of hydrogen-bond acceptors (Lipinski definition) is 2. The third kappa shape index (κ3) is 3.55. The van der Waals surface area contributed by atoms with Gasteiger partial charge in [-0.2, -0.15) is 0 Å². The molecule has 1 aliphatic carbocycles. The number of carbonyl (C=O) groups is 2. The van der Waals surface area contributed by atoms with E-state index in [-0.39, 0.29) is 29.8 Å². The van der Waals surface area contributed by atoms with Crippen molar-refractivity contribution >= 4 is 28.4 Å². The first-order chi connectivity index (χ1) is 13.1. The lowest BCUT2D eigenvalue weighted by Crippen LogP contribution is -2.38. The maximum Gasteiger partial charge on any atom is 0.300 e. The van der Waals surface area contributed by atoms with E-state index in [0.29, 0.717) is 13.0 Å². The Labute approximate surface area is 158 Å². The smallest absolute Gasteiger partial charge is 0.300 e. The Kier molecular flexibility index (Phi) is 4.61.